The summed E-state index contributed by atoms with van der Waals surface area (Å²) >= 11 is 3.22. The van der Waals surface area contributed by atoms with E-state index in [1.807, 2.05) is 6.07 Å². The molecule has 0 spiro atoms. The van der Waals surface area contributed by atoms with Crippen LogP contribution < -0.4 is 11.1 Å². The molecule has 1 aromatic carbocycles. The normalized spacial score (nSPS) is 10.1. The number of ketones is 1. The van der Waals surface area contributed by atoms with Crippen LogP contribution in [-0.2, 0) is 0 Å². The molecular formula is C14H12BrN3O2. The number of halogens is 1. The standard InChI is InChI=1S/C14H12BrN3O2/c15-10-6-11(13(16)17-7-10)14(20)18-8-12(19)9-4-2-1-3-5-9/h1-7H,8H2,(H2,16,17)(H,18,20). The van der Waals surface area contributed by atoms with Crippen LogP contribution in [0.3, 0.4) is 0 Å². The number of aromatic nitrogens is 1. The molecule has 20 heavy (non-hydrogen) atoms. The third-order valence-corrected chi connectivity index (χ3v) is 3.07. The second-order valence-corrected chi connectivity index (χ2v) is 4.97. The van der Waals surface area contributed by atoms with E-state index < -0.39 is 5.91 Å². The van der Waals surface area contributed by atoms with Gasteiger partial charge in [-0.2, -0.15) is 0 Å². The number of rotatable bonds is 4. The number of carbonyl (C=O) groups is 2. The summed E-state index contributed by atoms with van der Waals surface area (Å²) in [6.07, 6.45) is 1.50. The van der Waals surface area contributed by atoms with Gasteiger partial charge in [0.25, 0.3) is 5.91 Å². The van der Waals surface area contributed by atoms with E-state index in [0.717, 1.165) is 0 Å². The molecule has 0 saturated carbocycles. The summed E-state index contributed by atoms with van der Waals surface area (Å²) in [4.78, 5) is 27.7. The number of nitrogens with zero attached hydrogens (tertiary/aromatic N) is 1. The lowest BCUT2D eigenvalue weighted by molar-refractivity contribution is 0.0904. The highest BCUT2D eigenvalue weighted by Gasteiger charge is 2.13. The zero-order valence-electron chi connectivity index (χ0n) is 10.5. The van der Waals surface area contributed by atoms with Gasteiger partial charge in [0.1, 0.15) is 5.82 Å². The summed E-state index contributed by atoms with van der Waals surface area (Å²) in [5.74, 6) is -0.473. The van der Waals surface area contributed by atoms with Crippen molar-refractivity contribution in [1.29, 1.82) is 0 Å². The summed E-state index contributed by atoms with van der Waals surface area (Å²) in [6.45, 7) is -0.0885. The highest BCUT2D eigenvalue weighted by atomic mass is 79.9. The van der Waals surface area contributed by atoms with Crippen molar-refractivity contribution >= 4 is 33.4 Å². The Balaban J connectivity index is 2.02. The molecule has 5 nitrogen and oxygen atoms in total. The van der Waals surface area contributed by atoms with E-state index in [0.29, 0.717) is 10.0 Å². The average molecular weight is 334 g/mol. The van der Waals surface area contributed by atoms with Crippen LogP contribution in [-0.4, -0.2) is 23.2 Å². The van der Waals surface area contributed by atoms with Gasteiger partial charge < -0.3 is 11.1 Å². The van der Waals surface area contributed by atoms with Crippen molar-refractivity contribution in [3.8, 4) is 0 Å². The van der Waals surface area contributed by atoms with E-state index in [9.17, 15) is 9.59 Å². The number of hydrogen-bond acceptors (Lipinski definition) is 4. The maximum atomic E-state index is 11.9. The molecule has 6 heteroatoms. The Morgan fingerprint density at radius 3 is 2.65 bits per heavy atom. The Labute approximate surface area is 124 Å². The average Bonchev–Trinajstić information content (AvgIpc) is 2.47. The van der Waals surface area contributed by atoms with Crippen LogP contribution in [0.4, 0.5) is 5.82 Å². The van der Waals surface area contributed by atoms with Crippen LogP contribution in [0, 0.1) is 0 Å². The Morgan fingerprint density at radius 2 is 1.95 bits per heavy atom. The number of carbonyl (C=O) groups excluding carboxylic acids is 2. The lowest BCUT2D eigenvalue weighted by Crippen LogP contribution is -2.30. The first-order valence-electron chi connectivity index (χ1n) is 5.85. The molecule has 1 amide bonds. The molecule has 0 unspecified atom stereocenters. The summed E-state index contributed by atoms with van der Waals surface area (Å²) in [5, 5.41) is 2.54. The quantitative estimate of drug-likeness (QED) is 0.838. The number of hydrogen-bond donors (Lipinski definition) is 2. The number of pyridine rings is 1. The highest BCUT2D eigenvalue weighted by Crippen LogP contribution is 2.15. The van der Waals surface area contributed by atoms with Crippen molar-refractivity contribution in [2.24, 2.45) is 0 Å². The molecule has 0 bridgehead atoms. The number of amides is 1. The third kappa shape index (κ3) is 3.42. The second kappa shape index (κ2) is 6.29. The maximum Gasteiger partial charge on any atom is 0.255 e. The first-order chi connectivity index (χ1) is 9.58. The van der Waals surface area contributed by atoms with Crippen molar-refractivity contribution in [1.82, 2.24) is 10.3 Å². The minimum absolute atomic E-state index is 0.0885. The molecule has 0 atom stereocenters. The summed E-state index contributed by atoms with van der Waals surface area (Å²) < 4.78 is 0.645. The molecule has 0 aliphatic heterocycles. The Morgan fingerprint density at radius 1 is 1.25 bits per heavy atom. The molecule has 2 aromatic rings. The van der Waals surface area contributed by atoms with E-state index in [2.05, 4.69) is 26.2 Å². The van der Waals surface area contributed by atoms with Crippen molar-refractivity contribution in [3.63, 3.8) is 0 Å². The SMILES string of the molecule is Nc1ncc(Br)cc1C(=O)NCC(=O)c1ccccc1. The minimum Gasteiger partial charge on any atom is -0.383 e. The lowest BCUT2D eigenvalue weighted by atomic mass is 10.1. The van der Waals surface area contributed by atoms with Crippen LogP contribution in [0.25, 0.3) is 0 Å². The zero-order valence-corrected chi connectivity index (χ0v) is 12.1. The van der Waals surface area contributed by atoms with Gasteiger partial charge in [0.2, 0.25) is 0 Å². The molecule has 3 N–H and O–H groups in total. The smallest absolute Gasteiger partial charge is 0.255 e. The number of nitrogens with two attached hydrogens (primary N) is 1. The number of benzene rings is 1. The molecule has 102 valence electrons. The first kappa shape index (κ1) is 14.2. The molecule has 0 aliphatic carbocycles. The predicted octanol–water partition coefficient (Wildman–Crippen LogP) is 2.04. The van der Waals surface area contributed by atoms with E-state index in [-0.39, 0.29) is 23.7 Å². The van der Waals surface area contributed by atoms with E-state index in [4.69, 9.17) is 5.73 Å². The molecule has 0 saturated heterocycles. The van der Waals surface area contributed by atoms with E-state index in [1.54, 1.807) is 30.3 Å². The van der Waals surface area contributed by atoms with Crippen LogP contribution >= 0.6 is 15.9 Å². The molecular weight excluding hydrogens is 322 g/mol. The number of anilines is 1. The second-order valence-electron chi connectivity index (χ2n) is 4.06. The van der Waals surface area contributed by atoms with Crippen LogP contribution in [0.2, 0.25) is 0 Å². The zero-order chi connectivity index (χ0) is 14.5. The van der Waals surface area contributed by atoms with Gasteiger partial charge in [-0.3, -0.25) is 9.59 Å². The molecule has 2 rings (SSSR count). The molecule has 0 radical (unpaired) electrons. The van der Waals surface area contributed by atoms with E-state index >= 15 is 0 Å². The first-order valence-corrected chi connectivity index (χ1v) is 6.64. The Bertz CT molecular complexity index is 644. The van der Waals surface area contributed by atoms with Gasteiger partial charge >= 0.3 is 0 Å². The highest BCUT2D eigenvalue weighted by molar-refractivity contribution is 9.10. The number of Topliss-reactive ketones (excluding diaryl/α,β-unsaturated/α-hetero) is 1. The van der Waals surface area contributed by atoms with Crippen molar-refractivity contribution in [2.75, 3.05) is 12.3 Å². The van der Waals surface area contributed by atoms with Crippen LogP contribution in [0.15, 0.2) is 47.1 Å². The topological polar surface area (TPSA) is 85.1 Å². The largest absolute Gasteiger partial charge is 0.383 e. The van der Waals surface area contributed by atoms with Crippen molar-refractivity contribution in [3.05, 3.63) is 58.2 Å². The fraction of sp³-hybridized carbons (Fsp3) is 0.0714. The molecule has 1 heterocycles. The Hall–Kier alpha value is -2.21. The van der Waals surface area contributed by atoms with Crippen LogP contribution in [0.5, 0.6) is 0 Å². The van der Waals surface area contributed by atoms with Gasteiger partial charge in [-0.15, -0.1) is 0 Å². The van der Waals surface area contributed by atoms with Gasteiger partial charge in [0, 0.05) is 16.2 Å². The fourth-order valence-electron chi connectivity index (χ4n) is 1.61. The number of nitrogen functional groups attached to an aromatic ring is 1. The summed E-state index contributed by atoms with van der Waals surface area (Å²) in [6, 6.07) is 10.3. The lowest BCUT2D eigenvalue weighted by Gasteiger charge is -2.07. The molecule has 0 aliphatic rings. The summed E-state index contributed by atoms with van der Waals surface area (Å²) in [5.41, 5.74) is 6.42. The van der Waals surface area contributed by atoms with Gasteiger partial charge in [0.15, 0.2) is 5.78 Å². The van der Waals surface area contributed by atoms with Crippen molar-refractivity contribution < 1.29 is 9.59 Å². The van der Waals surface area contributed by atoms with Gasteiger partial charge in [-0.1, -0.05) is 30.3 Å². The fourth-order valence-corrected chi connectivity index (χ4v) is 1.94. The summed E-state index contributed by atoms with van der Waals surface area (Å²) in [7, 11) is 0. The minimum atomic E-state index is -0.430. The van der Waals surface area contributed by atoms with Crippen LogP contribution in [0.1, 0.15) is 20.7 Å². The van der Waals surface area contributed by atoms with Gasteiger partial charge in [0.05, 0.1) is 12.1 Å². The Kier molecular flexibility index (Phi) is 4.47. The van der Waals surface area contributed by atoms with Crippen molar-refractivity contribution in [2.45, 2.75) is 0 Å². The maximum absolute atomic E-state index is 11.9. The molecule has 0 fully saturated rings. The third-order valence-electron chi connectivity index (χ3n) is 2.64. The monoisotopic (exact) mass is 333 g/mol. The predicted molar refractivity (Wildman–Crippen MR) is 79.5 cm³/mol. The molecule has 1 aromatic heterocycles. The van der Waals surface area contributed by atoms with E-state index in [1.165, 1.54) is 6.20 Å². The van der Waals surface area contributed by atoms with Gasteiger partial charge in [-0.05, 0) is 22.0 Å². The number of nitrogens with one attached hydrogen (secondary N) is 1. The van der Waals surface area contributed by atoms with Gasteiger partial charge in [-0.25, -0.2) is 4.98 Å².